The lowest BCUT2D eigenvalue weighted by atomic mass is 10.1. The molecule has 8 nitrogen and oxygen atoms in total. The highest BCUT2D eigenvalue weighted by Crippen LogP contribution is 2.33. The number of anilines is 1. The standard InChI is InChI=1S/C21H24BrFN4O4/c1-21(2,3)31-20(29)27-9-7-26(8-10-27)16-12-14(19(28)30-4)17(22)18(25-16)13-5-6-24-15(23)11-13/h5-6,11-12H,7-10H2,1-4H3. The Bertz CT molecular complexity index is 988. The summed E-state index contributed by atoms with van der Waals surface area (Å²) >= 11 is 3.40. The predicted octanol–water partition coefficient (Wildman–Crippen LogP) is 3.89. The van der Waals surface area contributed by atoms with E-state index in [1.54, 1.807) is 17.0 Å². The predicted molar refractivity (Wildman–Crippen MR) is 116 cm³/mol. The summed E-state index contributed by atoms with van der Waals surface area (Å²) in [5.41, 5.74) is 0.577. The first kappa shape index (κ1) is 22.9. The molecule has 3 rings (SSSR count). The lowest BCUT2D eigenvalue weighted by molar-refractivity contribution is 0.0240. The molecule has 0 bridgehead atoms. The van der Waals surface area contributed by atoms with Gasteiger partial charge in [-0.15, -0.1) is 0 Å². The van der Waals surface area contributed by atoms with Crippen LogP contribution < -0.4 is 4.90 Å². The quantitative estimate of drug-likeness (QED) is 0.472. The van der Waals surface area contributed by atoms with E-state index in [0.29, 0.717) is 47.7 Å². The van der Waals surface area contributed by atoms with Crippen LogP contribution >= 0.6 is 15.9 Å². The molecule has 0 N–H and O–H groups in total. The maximum Gasteiger partial charge on any atom is 0.410 e. The van der Waals surface area contributed by atoms with Crippen LogP contribution in [0.3, 0.4) is 0 Å². The van der Waals surface area contributed by atoms with Crippen LogP contribution in [0.5, 0.6) is 0 Å². The summed E-state index contributed by atoms with van der Waals surface area (Å²) in [4.78, 5) is 36.5. The van der Waals surface area contributed by atoms with Gasteiger partial charge in [-0.05, 0) is 48.8 Å². The molecule has 10 heteroatoms. The van der Waals surface area contributed by atoms with Crippen molar-refractivity contribution < 1.29 is 23.5 Å². The number of piperazine rings is 1. The highest BCUT2D eigenvalue weighted by atomic mass is 79.9. The van der Waals surface area contributed by atoms with Crippen molar-refractivity contribution in [2.45, 2.75) is 26.4 Å². The molecule has 0 atom stereocenters. The minimum Gasteiger partial charge on any atom is -0.465 e. The van der Waals surface area contributed by atoms with Crippen molar-refractivity contribution in [1.82, 2.24) is 14.9 Å². The smallest absolute Gasteiger partial charge is 0.410 e. The van der Waals surface area contributed by atoms with Crippen LogP contribution in [0.4, 0.5) is 15.0 Å². The van der Waals surface area contributed by atoms with Crippen LogP contribution in [0.2, 0.25) is 0 Å². The fraction of sp³-hybridized carbons (Fsp3) is 0.429. The average Bonchev–Trinajstić information content (AvgIpc) is 2.72. The number of halogens is 2. The number of rotatable bonds is 3. The van der Waals surface area contributed by atoms with Crippen molar-refractivity contribution in [1.29, 1.82) is 0 Å². The zero-order valence-corrected chi connectivity index (χ0v) is 19.4. The number of methoxy groups -OCH3 is 1. The van der Waals surface area contributed by atoms with Gasteiger partial charge >= 0.3 is 12.1 Å². The average molecular weight is 495 g/mol. The molecule has 31 heavy (non-hydrogen) atoms. The normalized spacial score (nSPS) is 14.4. The third kappa shape index (κ3) is 5.49. The topological polar surface area (TPSA) is 84.9 Å². The number of carbonyl (C=O) groups excluding carboxylic acids is 2. The molecule has 2 aromatic rings. The van der Waals surface area contributed by atoms with E-state index in [4.69, 9.17) is 9.47 Å². The number of hydrogen-bond acceptors (Lipinski definition) is 7. The number of nitrogens with zero attached hydrogens (tertiary/aromatic N) is 4. The largest absolute Gasteiger partial charge is 0.465 e. The molecule has 1 aliphatic heterocycles. The Balaban J connectivity index is 1.89. The van der Waals surface area contributed by atoms with Crippen molar-refractivity contribution in [2.24, 2.45) is 0 Å². The third-order valence-electron chi connectivity index (χ3n) is 4.60. The number of hydrogen-bond donors (Lipinski definition) is 0. The van der Waals surface area contributed by atoms with E-state index in [9.17, 15) is 14.0 Å². The molecule has 1 saturated heterocycles. The second kappa shape index (κ2) is 9.17. The van der Waals surface area contributed by atoms with Crippen molar-refractivity contribution in [2.75, 3.05) is 38.2 Å². The molecule has 0 saturated carbocycles. The summed E-state index contributed by atoms with van der Waals surface area (Å²) in [7, 11) is 1.29. The van der Waals surface area contributed by atoms with Gasteiger partial charge in [0.2, 0.25) is 5.95 Å². The van der Waals surface area contributed by atoms with Crippen molar-refractivity contribution >= 4 is 33.8 Å². The minimum atomic E-state index is -0.651. The van der Waals surface area contributed by atoms with Crippen molar-refractivity contribution in [3.05, 3.63) is 40.4 Å². The van der Waals surface area contributed by atoms with Crippen molar-refractivity contribution in [3.8, 4) is 11.3 Å². The first-order valence-corrected chi connectivity index (χ1v) is 10.5. The monoisotopic (exact) mass is 494 g/mol. The Labute approximate surface area is 188 Å². The molecule has 0 unspecified atom stereocenters. The maximum absolute atomic E-state index is 13.7. The second-order valence-corrected chi connectivity index (χ2v) is 8.80. The van der Waals surface area contributed by atoms with Crippen molar-refractivity contribution in [3.63, 3.8) is 0 Å². The van der Waals surface area contributed by atoms with Gasteiger partial charge in [-0.3, -0.25) is 0 Å². The van der Waals surface area contributed by atoms with Crippen LogP contribution in [0, 0.1) is 5.95 Å². The molecule has 1 fully saturated rings. The fourth-order valence-electron chi connectivity index (χ4n) is 3.12. The van der Waals surface area contributed by atoms with Gasteiger partial charge in [0.1, 0.15) is 11.4 Å². The first-order valence-electron chi connectivity index (χ1n) is 9.72. The van der Waals surface area contributed by atoms with E-state index in [2.05, 4.69) is 25.9 Å². The first-order chi connectivity index (χ1) is 14.6. The van der Waals surface area contributed by atoms with Gasteiger partial charge < -0.3 is 19.3 Å². The number of esters is 1. The van der Waals surface area contributed by atoms with Gasteiger partial charge in [0.25, 0.3) is 0 Å². The van der Waals surface area contributed by atoms with Gasteiger partial charge in [0.15, 0.2) is 0 Å². The summed E-state index contributed by atoms with van der Waals surface area (Å²) in [6.45, 7) is 7.36. The van der Waals surface area contributed by atoms with E-state index in [1.165, 1.54) is 19.4 Å². The van der Waals surface area contributed by atoms with Gasteiger partial charge in [-0.1, -0.05) is 0 Å². The number of ether oxygens (including phenoxy) is 2. The van der Waals surface area contributed by atoms with Gasteiger partial charge in [0, 0.05) is 44.0 Å². The summed E-state index contributed by atoms with van der Waals surface area (Å²) < 4.78 is 24.4. The van der Waals surface area contributed by atoms with E-state index in [-0.39, 0.29) is 11.7 Å². The molecule has 0 spiro atoms. The fourth-order valence-corrected chi connectivity index (χ4v) is 3.72. The molecule has 0 aliphatic carbocycles. The molecule has 0 aromatic carbocycles. The third-order valence-corrected chi connectivity index (χ3v) is 5.41. The Morgan fingerprint density at radius 1 is 1.16 bits per heavy atom. The van der Waals surface area contributed by atoms with Gasteiger partial charge in [-0.25, -0.2) is 19.6 Å². The Morgan fingerprint density at radius 2 is 1.84 bits per heavy atom. The molecular formula is C21H24BrFN4O4. The lowest BCUT2D eigenvalue weighted by Gasteiger charge is -2.36. The lowest BCUT2D eigenvalue weighted by Crippen LogP contribution is -2.50. The van der Waals surface area contributed by atoms with E-state index >= 15 is 0 Å². The number of carbonyl (C=O) groups is 2. The van der Waals surface area contributed by atoms with E-state index in [0.717, 1.165) is 0 Å². The second-order valence-electron chi connectivity index (χ2n) is 8.00. The highest BCUT2D eigenvalue weighted by Gasteiger charge is 2.28. The number of pyridine rings is 2. The molecule has 1 amide bonds. The Hall–Kier alpha value is -2.75. The Kier molecular flexibility index (Phi) is 6.78. The van der Waals surface area contributed by atoms with Crippen LogP contribution in [0.1, 0.15) is 31.1 Å². The molecule has 166 valence electrons. The van der Waals surface area contributed by atoms with Crippen LogP contribution in [-0.2, 0) is 9.47 Å². The molecule has 3 heterocycles. The van der Waals surface area contributed by atoms with Gasteiger partial charge in [0.05, 0.1) is 22.8 Å². The van der Waals surface area contributed by atoms with Crippen LogP contribution in [0.25, 0.3) is 11.3 Å². The summed E-state index contributed by atoms with van der Waals surface area (Å²) in [5.74, 6) is -0.666. The number of aromatic nitrogens is 2. The van der Waals surface area contributed by atoms with Gasteiger partial charge in [-0.2, -0.15) is 4.39 Å². The zero-order chi connectivity index (χ0) is 22.8. The van der Waals surface area contributed by atoms with Crippen LogP contribution in [-0.4, -0.2) is 65.8 Å². The summed E-state index contributed by atoms with van der Waals surface area (Å²) in [6.07, 6.45) is 0.974. The van der Waals surface area contributed by atoms with Crippen LogP contribution in [0.15, 0.2) is 28.9 Å². The minimum absolute atomic E-state index is 0.272. The zero-order valence-electron chi connectivity index (χ0n) is 17.8. The number of amides is 1. The highest BCUT2D eigenvalue weighted by molar-refractivity contribution is 9.10. The molecular weight excluding hydrogens is 471 g/mol. The maximum atomic E-state index is 13.7. The van der Waals surface area contributed by atoms with E-state index in [1.807, 2.05) is 25.7 Å². The summed E-state index contributed by atoms with van der Waals surface area (Å²) in [5, 5.41) is 0. The molecule has 1 aliphatic rings. The molecule has 2 aromatic heterocycles. The van der Waals surface area contributed by atoms with E-state index < -0.39 is 17.5 Å². The summed E-state index contributed by atoms with van der Waals surface area (Å²) in [6, 6.07) is 4.49. The SMILES string of the molecule is COC(=O)c1cc(N2CCN(C(=O)OC(C)(C)C)CC2)nc(-c2ccnc(F)c2)c1Br. The molecule has 0 radical (unpaired) electrons. The Morgan fingerprint density at radius 3 is 2.42 bits per heavy atom.